The first-order chi connectivity index (χ1) is 12.5. The van der Waals surface area contributed by atoms with E-state index in [4.69, 9.17) is 4.74 Å². The highest BCUT2D eigenvalue weighted by atomic mass is 16.5. The zero-order valence-electron chi connectivity index (χ0n) is 15.2. The van der Waals surface area contributed by atoms with Crippen LogP contribution in [-0.2, 0) is 6.54 Å². The number of aryl methyl sites for hydroxylation is 1. The standard InChI is InChI=1S/C21H22N2O3/c1-4-23-13-18(20(24)17-12-16(26-3)10-11-19(17)23)21(25)22-14(2)15-8-6-5-7-9-15/h5-14H,4H2,1-3H3,(H,22,25)/t14-/m0/s1. The van der Waals surface area contributed by atoms with Crippen LogP contribution in [0.5, 0.6) is 5.75 Å². The van der Waals surface area contributed by atoms with Crippen LogP contribution in [0.25, 0.3) is 10.9 Å². The minimum absolute atomic E-state index is 0.135. The van der Waals surface area contributed by atoms with Crippen molar-refractivity contribution in [1.82, 2.24) is 9.88 Å². The molecule has 3 rings (SSSR count). The van der Waals surface area contributed by atoms with Gasteiger partial charge in [0.15, 0.2) is 0 Å². The molecule has 0 bridgehead atoms. The summed E-state index contributed by atoms with van der Waals surface area (Å²) >= 11 is 0. The van der Waals surface area contributed by atoms with Crippen LogP contribution in [0.1, 0.15) is 35.8 Å². The number of pyridine rings is 1. The minimum atomic E-state index is -0.377. The summed E-state index contributed by atoms with van der Waals surface area (Å²) in [4.78, 5) is 25.7. The first kappa shape index (κ1) is 17.7. The second kappa shape index (κ2) is 7.44. The van der Waals surface area contributed by atoms with E-state index >= 15 is 0 Å². The number of aromatic nitrogens is 1. The highest BCUT2D eigenvalue weighted by molar-refractivity contribution is 5.97. The average molecular weight is 350 g/mol. The monoisotopic (exact) mass is 350 g/mol. The third-order valence-corrected chi connectivity index (χ3v) is 4.52. The van der Waals surface area contributed by atoms with Gasteiger partial charge in [0.1, 0.15) is 11.3 Å². The fourth-order valence-corrected chi connectivity index (χ4v) is 3.03. The lowest BCUT2D eigenvalue weighted by atomic mass is 10.1. The van der Waals surface area contributed by atoms with Gasteiger partial charge in [-0.15, -0.1) is 0 Å². The van der Waals surface area contributed by atoms with Crippen LogP contribution < -0.4 is 15.5 Å². The molecule has 1 heterocycles. The number of methoxy groups -OCH3 is 1. The maximum Gasteiger partial charge on any atom is 0.257 e. The number of carbonyl (C=O) groups is 1. The Bertz CT molecular complexity index is 993. The predicted molar refractivity (Wildman–Crippen MR) is 103 cm³/mol. The summed E-state index contributed by atoms with van der Waals surface area (Å²) in [5.74, 6) is 0.214. The molecule has 1 amide bonds. The molecule has 0 spiro atoms. The van der Waals surface area contributed by atoms with Crippen molar-refractivity contribution in [1.29, 1.82) is 0 Å². The Kier molecular flexibility index (Phi) is 5.07. The summed E-state index contributed by atoms with van der Waals surface area (Å²) in [6.07, 6.45) is 1.63. The van der Waals surface area contributed by atoms with Gasteiger partial charge in [0.05, 0.1) is 24.1 Å². The molecule has 0 saturated heterocycles. The molecule has 2 aromatic carbocycles. The van der Waals surface area contributed by atoms with Crippen molar-refractivity contribution in [2.75, 3.05) is 7.11 Å². The van der Waals surface area contributed by atoms with E-state index in [9.17, 15) is 9.59 Å². The summed E-state index contributed by atoms with van der Waals surface area (Å²) in [6, 6.07) is 14.8. The molecule has 1 atom stereocenters. The van der Waals surface area contributed by atoms with Gasteiger partial charge in [-0.25, -0.2) is 0 Å². The fourth-order valence-electron chi connectivity index (χ4n) is 3.03. The molecule has 0 unspecified atom stereocenters. The van der Waals surface area contributed by atoms with E-state index in [1.54, 1.807) is 19.4 Å². The molecule has 0 radical (unpaired) electrons. The number of nitrogens with one attached hydrogen (secondary N) is 1. The number of hydrogen-bond acceptors (Lipinski definition) is 3. The lowest BCUT2D eigenvalue weighted by molar-refractivity contribution is 0.0938. The lowest BCUT2D eigenvalue weighted by Crippen LogP contribution is -2.31. The maximum absolute atomic E-state index is 12.9. The van der Waals surface area contributed by atoms with E-state index < -0.39 is 0 Å². The molecule has 0 aliphatic rings. The molecule has 1 N–H and O–H groups in total. The largest absolute Gasteiger partial charge is 0.497 e. The van der Waals surface area contributed by atoms with E-state index in [0.717, 1.165) is 11.1 Å². The Morgan fingerprint density at radius 1 is 1.19 bits per heavy atom. The van der Waals surface area contributed by atoms with E-state index in [2.05, 4.69) is 5.32 Å². The van der Waals surface area contributed by atoms with Crippen molar-refractivity contribution < 1.29 is 9.53 Å². The summed E-state index contributed by atoms with van der Waals surface area (Å²) in [5.41, 5.74) is 1.61. The Labute approximate surface area is 152 Å². The van der Waals surface area contributed by atoms with Crippen molar-refractivity contribution in [3.05, 3.63) is 76.1 Å². The third kappa shape index (κ3) is 3.33. The number of rotatable bonds is 5. The van der Waals surface area contributed by atoms with Crippen LogP contribution in [0.2, 0.25) is 0 Å². The maximum atomic E-state index is 12.9. The smallest absolute Gasteiger partial charge is 0.257 e. The van der Waals surface area contributed by atoms with Crippen molar-refractivity contribution in [2.45, 2.75) is 26.4 Å². The van der Waals surface area contributed by atoms with Gasteiger partial charge < -0.3 is 14.6 Å². The van der Waals surface area contributed by atoms with E-state index in [1.165, 1.54) is 0 Å². The lowest BCUT2D eigenvalue weighted by Gasteiger charge is -2.16. The average Bonchev–Trinajstić information content (AvgIpc) is 2.68. The third-order valence-electron chi connectivity index (χ3n) is 4.52. The number of amides is 1. The number of hydrogen-bond donors (Lipinski definition) is 1. The zero-order valence-corrected chi connectivity index (χ0v) is 15.2. The van der Waals surface area contributed by atoms with E-state index in [1.807, 2.05) is 60.9 Å². The highest BCUT2D eigenvalue weighted by Crippen LogP contribution is 2.19. The van der Waals surface area contributed by atoms with Crippen LogP contribution in [0, 0.1) is 0 Å². The number of ether oxygens (including phenoxy) is 1. The van der Waals surface area contributed by atoms with Gasteiger partial charge in [-0.3, -0.25) is 9.59 Å². The summed E-state index contributed by atoms with van der Waals surface area (Å²) in [6.45, 7) is 4.52. The Hall–Kier alpha value is -3.08. The van der Waals surface area contributed by atoms with Crippen LogP contribution in [0.15, 0.2) is 59.5 Å². The molecule has 0 fully saturated rings. The molecular weight excluding hydrogens is 328 g/mol. The fraction of sp³-hybridized carbons (Fsp3) is 0.238. The summed E-state index contributed by atoms with van der Waals surface area (Å²) in [5, 5.41) is 3.39. The molecule has 5 nitrogen and oxygen atoms in total. The van der Waals surface area contributed by atoms with Gasteiger partial charge in [-0.05, 0) is 37.6 Å². The van der Waals surface area contributed by atoms with Gasteiger partial charge in [-0.1, -0.05) is 30.3 Å². The molecule has 0 aliphatic heterocycles. The molecule has 26 heavy (non-hydrogen) atoms. The predicted octanol–water partition coefficient (Wildman–Crippen LogP) is 3.52. The van der Waals surface area contributed by atoms with Gasteiger partial charge in [0, 0.05) is 12.7 Å². The van der Waals surface area contributed by atoms with Crippen molar-refractivity contribution in [3.8, 4) is 5.75 Å². The molecule has 5 heteroatoms. The molecule has 1 aromatic heterocycles. The molecule has 3 aromatic rings. The molecular formula is C21H22N2O3. The Morgan fingerprint density at radius 2 is 1.92 bits per heavy atom. The number of nitrogens with zero attached hydrogens (tertiary/aromatic N) is 1. The Morgan fingerprint density at radius 3 is 2.58 bits per heavy atom. The summed E-state index contributed by atoms with van der Waals surface area (Å²) in [7, 11) is 1.55. The number of carbonyl (C=O) groups excluding carboxylic acids is 1. The molecule has 0 saturated carbocycles. The van der Waals surface area contributed by atoms with Crippen molar-refractivity contribution >= 4 is 16.8 Å². The topological polar surface area (TPSA) is 60.3 Å². The van der Waals surface area contributed by atoms with Gasteiger partial charge in [-0.2, -0.15) is 0 Å². The second-order valence-electron chi connectivity index (χ2n) is 6.15. The van der Waals surface area contributed by atoms with Gasteiger partial charge in [0.25, 0.3) is 5.91 Å². The van der Waals surface area contributed by atoms with Crippen LogP contribution in [0.4, 0.5) is 0 Å². The van der Waals surface area contributed by atoms with Gasteiger partial charge in [0.2, 0.25) is 5.43 Å². The van der Waals surface area contributed by atoms with Crippen LogP contribution in [0.3, 0.4) is 0 Å². The first-order valence-corrected chi connectivity index (χ1v) is 8.62. The Balaban J connectivity index is 2.02. The number of benzene rings is 2. The van der Waals surface area contributed by atoms with E-state index in [-0.39, 0.29) is 22.9 Å². The van der Waals surface area contributed by atoms with E-state index in [0.29, 0.717) is 17.7 Å². The molecule has 134 valence electrons. The quantitative estimate of drug-likeness (QED) is 0.766. The highest BCUT2D eigenvalue weighted by Gasteiger charge is 2.18. The van der Waals surface area contributed by atoms with Gasteiger partial charge >= 0.3 is 0 Å². The SMILES string of the molecule is CCn1cc(C(=O)N[C@@H](C)c2ccccc2)c(=O)c2cc(OC)ccc21. The van der Waals surface area contributed by atoms with Crippen LogP contribution >= 0.6 is 0 Å². The van der Waals surface area contributed by atoms with Crippen molar-refractivity contribution in [2.24, 2.45) is 0 Å². The number of fused-ring (bicyclic) bond motifs is 1. The molecule has 0 aliphatic carbocycles. The minimum Gasteiger partial charge on any atom is -0.497 e. The van der Waals surface area contributed by atoms with Crippen molar-refractivity contribution in [3.63, 3.8) is 0 Å². The zero-order chi connectivity index (χ0) is 18.7. The normalized spacial score (nSPS) is 12.0. The van der Waals surface area contributed by atoms with Crippen LogP contribution in [-0.4, -0.2) is 17.6 Å². The first-order valence-electron chi connectivity index (χ1n) is 8.62. The summed E-state index contributed by atoms with van der Waals surface area (Å²) < 4.78 is 7.13. The second-order valence-corrected chi connectivity index (χ2v) is 6.15.